The summed E-state index contributed by atoms with van der Waals surface area (Å²) in [4.78, 5) is 0. The number of halogens is 2. The number of para-hydroxylation sites is 1. The summed E-state index contributed by atoms with van der Waals surface area (Å²) in [6.07, 6.45) is 0. The molecular weight excluding hydrogens is 337 g/mol. The second kappa shape index (κ2) is 6.03. The van der Waals surface area contributed by atoms with Gasteiger partial charge in [0.2, 0.25) is 6.79 Å². The van der Waals surface area contributed by atoms with Gasteiger partial charge in [0.15, 0.2) is 11.5 Å². The number of hydrogen-bond donors (Lipinski definition) is 1. The molecule has 1 aliphatic heterocycles. The van der Waals surface area contributed by atoms with Gasteiger partial charge >= 0.3 is 0 Å². The quantitative estimate of drug-likeness (QED) is 0.896. The lowest BCUT2D eigenvalue weighted by molar-refractivity contribution is 0.173. The van der Waals surface area contributed by atoms with Crippen LogP contribution in [0.5, 0.6) is 11.5 Å². The van der Waals surface area contributed by atoms with Crippen LogP contribution in [0.1, 0.15) is 24.1 Å². The van der Waals surface area contributed by atoms with Gasteiger partial charge in [0.25, 0.3) is 0 Å². The van der Waals surface area contributed by atoms with Crippen LogP contribution in [0, 0.1) is 5.82 Å². The Balaban J connectivity index is 1.72. The number of ether oxygens (including phenoxy) is 2. The van der Waals surface area contributed by atoms with Crippen molar-refractivity contribution in [3.05, 3.63) is 57.8 Å². The molecule has 2 aromatic rings. The van der Waals surface area contributed by atoms with E-state index in [-0.39, 0.29) is 18.7 Å². The van der Waals surface area contributed by atoms with Gasteiger partial charge in [-0.2, -0.15) is 0 Å². The average Bonchev–Trinajstić information content (AvgIpc) is 2.93. The molecule has 110 valence electrons. The number of hydrogen-bond acceptors (Lipinski definition) is 3. The maximum Gasteiger partial charge on any atom is 0.231 e. The van der Waals surface area contributed by atoms with Gasteiger partial charge in [-0.3, -0.25) is 0 Å². The van der Waals surface area contributed by atoms with Crippen LogP contribution < -0.4 is 14.8 Å². The highest BCUT2D eigenvalue weighted by molar-refractivity contribution is 9.10. The van der Waals surface area contributed by atoms with Gasteiger partial charge in [-0.1, -0.05) is 34.1 Å². The topological polar surface area (TPSA) is 30.5 Å². The lowest BCUT2D eigenvalue weighted by Gasteiger charge is -2.16. The molecule has 2 aromatic carbocycles. The Morgan fingerprint density at radius 3 is 2.95 bits per heavy atom. The summed E-state index contributed by atoms with van der Waals surface area (Å²) in [6, 6.07) is 10.8. The third-order valence-corrected chi connectivity index (χ3v) is 4.00. The van der Waals surface area contributed by atoms with E-state index in [1.165, 1.54) is 6.07 Å². The Labute approximate surface area is 131 Å². The summed E-state index contributed by atoms with van der Waals surface area (Å²) in [7, 11) is 0. The number of nitrogens with one attached hydrogen (secondary N) is 1. The van der Waals surface area contributed by atoms with Gasteiger partial charge in [-0.05, 0) is 25.1 Å². The number of rotatable bonds is 4. The van der Waals surface area contributed by atoms with Gasteiger partial charge in [0, 0.05) is 28.2 Å². The molecule has 0 bridgehead atoms. The largest absolute Gasteiger partial charge is 0.454 e. The molecule has 1 atom stereocenters. The highest BCUT2D eigenvalue weighted by Crippen LogP contribution is 2.35. The van der Waals surface area contributed by atoms with E-state index in [2.05, 4.69) is 21.2 Å². The molecule has 5 heteroatoms. The van der Waals surface area contributed by atoms with Gasteiger partial charge in [-0.15, -0.1) is 0 Å². The summed E-state index contributed by atoms with van der Waals surface area (Å²) in [5.74, 6) is 1.31. The maximum atomic E-state index is 13.9. The molecule has 3 nitrogen and oxygen atoms in total. The van der Waals surface area contributed by atoms with Crippen LogP contribution in [0.15, 0.2) is 40.9 Å². The average molecular weight is 352 g/mol. The molecule has 1 aliphatic rings. The zero-order valence-corrected chi connectivity index (χ0v) is 13.1. The van der Waals surface area contributed by atoms with Crippen molar-refractivity contribution in [3.8, 4) is 11.5 Å². The van der Waals surface area contributed by atoms with Crippen LogP contribution in [0.2, 0.25) is 0 Å². The van der Waals surface area contributed by atoms with Crippen molar-refractivity contribution in [2.45, 2.75) is 19.5 Å². The first-order chi connectivity index (χ1) is 10.1. The molecule has 0 aliphatic carbocycles. The Kier molecular flexibility index (Phi) is 4.12. The summed E-state index contributed by atoms with van der Waals surface area (Å²) in [5.41, 5.74) is 1.65. The lowest BCUT2D eigenvalue weighted by atomic mass is 10.1. The smallest absolute Gasteiger partial charge is 0.231 e. The fourth-order valence-electron chi connectivity index (χ4n) is 2.36. The predicted molar refractivity (Wildman–Crippen MR) is 81.9 cm³/mol. The molecule has 0 fully saturated rings. The molecule has 0 saturated heterocycles. The Morgan fingerprint density at radius 1 is 1.29 bits per heavy atom. The van der Waals surface area contributed by atoms with Crippen LogP contribution in [0.3, 0.4) is 0 Å². The highest BCUT2D eigenvalue weighted by atomic mass is 79.9. The minimum absolute atomic E-state index is 0.101. The molecule has 3 rings (SSSR count). The van der Waals surface area contributed by atoms with Gasteiger partial charge < -0.3 is 14.8 Å². The van der Waals surface area contributed by atoms with E-state index in [9.17, 15) is 4.39 Å². The third kappa shape index (κ3) is 3.04. The molecule has 1 unspecified atom stereocenters. The number of benzene rings is 2. The standard InChI is InChI=1S/C16H15BrFNO2/c1-10(13-6-5-12(17)7-14(13)18)19-8-11-3-2-4-15-16(11)21-9-20-15/h2-7,10,19H,8-9H2,1H3. The first kappa shape index (κ1) is 14.4. The minimum Gasteiger partial charge on any atom is -0.454 e. The van der Waals surface area contributed by atoms with Crippen molar-refractivity contribution in [3.63, 3.8) is 0 Å². The van der Waals surface area contributed by atoms with Crippen LogP contribution in [-0.2, 0) is 6.54 Å². The van der Waals surface area contributed by atoms with Crippen molar-refractivity contribution in [1.82, 2.24) is 5.32 Å². The maximum absolute atomic E-state index is 13.9. The summed E-state index contributed by atoms with van der Waals surface area (Å²) < 4.78 is 25.5. The molecule has 21 heavy (non-hydrogen) atoms. The van der Waals surface area contributed by atoms with Crippen molar-refractivity contribution >= 4 is 15.9 Å². The van der Waals surface area contributed by atoms with E-state index in [0.717, 1.165) is 21.5 Å². The zero-order chi connectivity index (χ0) is 14.8. The Hall–Kier alpha value is -1.59. The first-order valence-corrected chi connectivity index (χ1v) is 7.50. The third-order valence-electron chi connectivity index (χ3n) is 3.51. The SMILES string of the molecule is CC(NCc1cccc2c1OCO2)c1ccc(Br)cc1F. The van der Waals surface area contributed by atoms with E-state index in [0.29, 0.717) is 12.1 Å². The summed E-state index contributed by atoms with van der Waals surface area (Å²) >= 11 is 3.26. The van der Waals surface area contributed by atoms with Crippen LogP contribution >= 0.6 is 15.9 Å². The van der Waals surface area contributed by atoms with Crippen LogP contribution in [-0.4, -0.2) is 6.79 Å². The highest BCUT2D eigenvalue weighted by Gasteiger charge is 2.18. The van der Waals surface area contributed by atoms with Gasteiger partial charge in [0.05, 0.1) is 0 Å². The van der Waals surface area contributed by atoms with E-state index >= 15 is 0 Å². The molecule has 0 saturated carbocycles. The molecule has 0 spiro atoms. The van der Waals surface area contributed by atoms with E-state index in [4.69, 9.17) is 9.47 Å². The molecule has 0 aromatic heterocycles. The van der Waals surface area contributed by atoms with Crippen LogP contribution in [0.25, 0.3) is 0 Å². The Morgan fingerprint density at radius 2 is 2.14 bits per heavy atom. The van der Waals surface area contributed by atoms with Gasteiger partial charge in [-0.25, -0.2) is 4.39 Å². The first-order valence-electron chi connectivity index (χ1n) is 6.71. The second-order valence-electron chi connectivity index (χ2n) is 4.92. The Bertz CT molecular complexity index is 663. The fraction of sp³-hybridized carbons (Fsp3) is 0.250. The van der Waals surface area contributed by atoms with Crippen molar-refractivity contribution in [1.29, 1.82) is 0 Å². The van der Waals surface area contributed by atoms with Gasteiger partial charge in [0.1, 0.15) is 5.82 Å². The molecule has 0 amide bonds. The van der Waals surface area contributed by atoms with Crippen LogP contribution in [0.4, 0.5) is 4.39 Å². The molecular formula is C16H15BrFNO2. The molecule has 1 N–H and O–H groups in total. The van der Waals surface area contributed by atoms with Crippen molar-refractivity contribution < 1.29 is 13.9 Å². The number of fused-ring (bicyclic) bond motifs is 1. The van der Waals surface area contributed by atoms with E-state index in [1.54, 1.807) is 6.07 Å². The summed E-state index contributed by atoms with van der Waals surface area (Å²) in [5, 5.41) is 3.31. The van der Waals surface area contributed by atoms with Crippen molar-refractivity contribution in [2.75, 3.05) is 6.79 Å². The zero-order valence-electron chi connectivity index (χ0n) is 11.5. The lowest BCUT2D eigenvalue weighted by Crippen LogP contribution is -2.19. The normalized spacial score (nSPS) is 14.2. The summed E-state index contributed by atoms with van der Waals surface area (Å²) in [6.45, 7) is 2.78. The van der Waals surface area contributed by atoms with E-state index < -0.39 is 0 Å². The molecule has 0 radical (unpaired) electrons. The van der Waals surface area contributed by atoms with Crippen molar-refractivity contribution in [2.24, 2.45) is 0 Å². The monoisotopic (exact) mass is 351 g/mol. The predicted octanol–water partition coefficient (Wildman–Crippen LogP) is 4.17. The second-order valence-corrected chi connectivity index (χ2v) is 5.84. The molecule has 1 heterocycles. The fourth-order valence-corrected chi connectivity index (χ4v) is 2.69. The minimum atomic E-state index is -0.220. The van der Waals surface area contributed by atoms with E-state index in [1.807, 2.05) is 31.2 Å².